The second-order valence-corrected chi connectivity index (χ2v) is 9.65. The van der Waals surface area contributed by atoms with Gasteiger partial charge in [0.1, 0.15) is 11.8 Å². The zero-order valence-electron chi connectivity index (χ0n) is 21.3. The Morgan fingerprint density at radius 3 is 2.55 bits per heavy atom. The molecule has 1 N–H and O–H groups in total. The third-order valence-electron chi connectivity index (χ3n) is 6.44. The number of phenolic OH excluding ortho intramolecular Hbond substituents is 1. The van der Waals surface area contributed by atoms with Crippen molar-refractivity contribution in [2.24, 2.45) is 4.99 Å². The Morgan fingerprint density at radius 2 is 1.84 bits per heavy atom. The highest BCUT2D eigenvalue weighted by molar-refractivity contribution is 7.07. The highest BCUT2D eigenvalue weighted by Crippen LogP contribution is 2.40. The van der Waals surface area contributed by atoms with Gasteiger partial charge in [0.15, 0.2) is 16.3 Å². The summed E-state index contributed by atoms with van der Waals surface area (Å²) in [6.45, 7) is 3.66. The molecule has 194 valence electrons. The molecule has 2 heterocycles. The van der Waals surface area contributed by atoms with Gasteiger partial charge in [0, 0.05) is 5.56 Å². The number of rotatable bonds is 6. The number of carbonyl (C=O) groups excluding carboxylic acids is 1. The third-order valence-corrected chi connectivity index (χ3v) is 7.42. The fraction of sp³-hybridized carbons (Fsp3) is 0.207. The van der Waals surface area contributed by atoms with Crippen LogP contribution in [0.4, 0.5) is 0 Å². The molecular formula is C29H26N2O6S. The van der Waals surface area contributed by atoms with Crippen LogP contribution in [0.3, 0.4) is 0 Å². The molecule has 0 saturated heterocycles. The standard InChI is InChI=1S/C29H26N2O6S/c1-5-37-28(34)24-16(2)30-29-31(26(24)25-19-9-7-6-8-18(19)11-13-22(25)36-4)27(33)23(38-29)15-17-10-12-21(35-3)20(32)14-17/h6-15,26,32H,5H2,1-4H3/b23-15-/t26-/m1/s1. The second-order valence-electron chi connectivity index (χ2n) is 8.64. The number of carbonyl (C=O) groups is 1. The fourth-order valence-electron chi connectivity index (χ4n) is 4.75. The molecule has 5 rings (SSSR count). The summed E-state index contributed by atoms with van der Waals surface area (Å²) in [6, 6.07) is 15.6. The lowest BCUT2D eigenvalue weighted by Gasteiger charge is -2.27. The van der Waals surface area contributed by atoms with Crippen molar-refractivity contribution in [3.8, 4) is 17.2 Å². The van der Waals surface area contributed by atoms with Gasteiger partial charge in [-0.05, 0) is 54.5 Å². The van der Waals surface area contributed by atoms with Crippen LogP contribution in [0.1, 0.15) is 31.0 Å². The summed E-state index contributed by atoms with van der Waals surface area (Å²) in [5, 5.41) is 12.0. The first-order valence-electron chi connectivity index (χ1n) is 12.0. The highest BCUT2D eigenvalue weighted by atomic mass is 32.1. The van der Waals surface area contributed by atoms with Gasteiger partial charge in [0.2, 0.25) is 0 Å². The largest absolute Gasteiger partial charge is 0.504 e. The van der Waals surface area contributed by atoms with E-state index in [-0.39, 0.29) is 23.5 Å². The average Bonchev–Trinajstić information content (AvgIpc) is 3.21. The first-order chi connectivity index (χ1) is 18.4. The van der Waals surface area contributed by atoms with E-state index >= 15 is 0 Å². The Kier molecular flexibility index (Phi) is 6.77. The summed E-state index contributed by atoms with van der Waals surface area (Å²) in [5.74, 6) is 0.303. The summed E-state index contributed by atoms with van der Waals surface area (Å²) in [7, 11) is 3.03. The van der Waals surface area contributed by atoms with Crippen molar-refractivity contribution in [3.63, 3.8) is 0 Å². The number of thiazole rings is 1. The van der Waals surface area contributed by atoms with Crippen LogP contribution in [0.15, 0.2) is 75.7 Å². The smallest absolute Gasteiger partial charge is 0.338 e. The van der Waals surface area contributed by atoms with Crippen LogP contribution in [0, 0.1) is 0 Å². The van der Waals surface area contributed by atoms with Crippen LogP contribution in [-0.2, 0) is 9.53 Å². The molecule has 0 amide bonds. The van der Waals surface area contributed by atoms with Crippen LogP contribution < -0.4 is 24.4 Å². The molecule has 0 bridgehead atoms. The van der Waals surface area contributed by atoms with E-state index in [9.17, 15) is 14.7 Å². The van der Waals surface area contributed by atoms with Gasteiger partial charge in [-0.25, -0.2) is 9.79 Å². The van der Waals surface area contributed by atoms with Gasteiger partial charge < -0.3 is 19.3 Å². The van der Waals surface area contributed by atoms with Gasteiger partial charge in [-0.1, -0.05) is 47.7 Å². The SMILES string of the molecule is CCOC(=O)C1=C(C)N=c2s/c(=C\c3ccc(OC)c(O)c3)c(=O)n2[C@H]1c1c(OC)ccc2ccccc12. The summed E-state index contributed by atoms with van der Waals surface area (Å²) < 4.78 is 18.2. The van der Waals surface area contributed by atoms with Gasteiger partial charge in [0.25, 0.3) is 5.56 Å². The molecule has 8 nitrogen and oxygen atoms in total. The minimum absolute atomic E-state index is 0.0344. The van der Waals surface area contributed by atoms with E-state index in [1.807, 2.05) is 36.4 Å². The molecule has 0 aliphatic carbocycles. The molecule has 1 aliphatic rings. The number of hydrogen-bond acceptors (Lipinski definition) is 8. The summed E-state index contributed by atoms with van der Waals surface area (Å²) in [6.07, 6.45) is 1.68. The molecule has 0 unspecified atom stereocenters. The number of hydrogen-bond donors (Lipinski definition) is 1. The first kappa shape index (κ1) is 25.3. The molecule has 3 aromatic carbocycles. The van der Waals surface area contributed by atoms with Gasteiger partial charge in [-0.15, -0.1) is 0 Å². The molecule has 0 spiro atoms. The Bertz CT molecular complexity index is 1780. The third kappa shape index (κ3) is 4.24. The maximum Gasteiger partial charge on any atom is 0.338 e. The number of phenols is 1. The number of fused-ring (bicyclic) bond motifs is 2. The molecular weight excluding hydrogens is 504 g/mol. The van der Waals surface area contributed by atoms with Crippen molar-refractivity contribution < 1.29 is 24.1 Å². The van der Waals surface area contributed by atoms with Gasteiger partial charge >= 0.3 is 5.97 Å². The average molecular weight is 531 g/mol. The zero-order chi connectivity index (χ0) is 27.0. The molecule has 38 heavy (non-hydrogen) atoms. The number of aromatic nitrogens is 1. The normalized spacial score (nSPS) is 15.3. The molecule has 0 radical (unpaired) electrons. The van der Waals surface area contributed by atoms with E-state index in [1.165, 1.54) is 29.1 Å². The minimum Gasteiger partial charge on any atom is -0.504 e. The van der Waals surface area contributed by atoms with Crippen molar-refractivity contribution in [2.75, 3.05) is 20.8 Å². The van der Waals surface area contributed by atoms with Gasteiger partial charge in [0.05, 0.1) is 36.6 Å². The number of methoxy groups -OCH3 is 2. The van der Waals surface area contributed by atoms with Crippen LogP contribution in [-0.4, -0.2) is 36.5 Å². The van der Waals surface area contributed by atoms with E-state index in [0.717, 1.165) is 10.8 Å². The van der Waals surface area contributed by atoms with E-state index in [2.05, 4.69) is 4.99 Å². The van der Waals surface area contributed by atoms with Crippen LogP contribution >= 0.6 is 11.3 Å². The topological polar surface area (TPSA) is 99.4 Å². The number of esters is 1. The Hall–Kier alpha value is -4.37. The lowest BCUT2D eigenvalue weighted by atomic mass is 9.90. The summed E-state index contributed by atoms with van der Waals surface area (Å²) in [5.41, 5.74) is 1.73. The number of benzene rings is 3. The Balaban J connectivity index is 1.82. The van der Waals surface area contributed by atoms with Crippen molar-refractivity contribution in [2.45, 2.75) is 19.9 Å². The zero-order valence-corrected chi connectivity index (χ0v) is 22.2. The molecule has 0 saturated carbocycles. The van der Waals surface area contributed by atoms with Gasteiger partial charge in [-0.3, -0.25) is 9.36 Å². The van der Waals surface area contributed by atoms with Crippen molar-refractivity contribution >= 4 is 34.2 Å². The second kappa shape index (κ2) is 10.2. The first-order valence-corrected chi connectivity index (χ1v) is 12.8. The molecule has 9 heteroatoms. The molecule has 0 fully saturated rings. The number of aromatic hydroxyl groups is 1. The van der Waals surface area contributed by atoms with Crippen molar-refractivity contribution in [3.05, 3.63) is 96.7 Å². The van der Waals surface area contributed by atoms with E-state index in [1.54, 1.807) is 39.2 Å². The quantitative estimate of drug-likeness (QED) is 0.382. The van der Waals surface area contributed by atoms with Crippen LogP contribution in [0.2, 0.25) is 0 Å². The lowest BCUT2D eigenvalue weighted by Crippen LogP contribution is -2.40. The predicted molar refractivity (Wildman–Crippen MR) is 146 cm³/mol. The van der Waals surface area contributed by atoms with Crippen molar-refractivity contribution in [1.29, 1.82) is 0 Å². The molecule has 1 atom stereocenters. The van der Waals surface area contributed by atoms with Crippen molar-refractivity contribution in [1.82, 2.24) is 4.57 Å². The van der Waals surface area contributed by atoms with Crippen LogP contribution in [0.25, 0.3) is 16.8 Å². The molecule has 1 aromatic heterocycles. The maximum atomic E-state index is 14.0. The fourth-order valence-corrected chi connectivity index (χ4v) is 5.80. The van der Waals surface area contributed by atoms with Crippen LogP contribution in [0.5, 0.6) is 17.2 Å². The Labute approximate surface area is 222 Å². The number of allylic oxidation sites excluding steroid dienone is 1. The highest BCUT2D eigenvalue weighted by Gasteiger charge is 2.36. The number of nitrogens with zero attached hydrogens (tertiary/aromatic N) is 2. The predicted octanol–water partition coefficient (Wildman–Crippen LogP) is 3.67. The summed E-state index contributed by atoms with van der Waals surface area (Å²) >= 11 is 1.21. The number of ether oxygens (including phenoxy) is 3. The van der Waals surface area contributed by atoms with E-state index in [4.69, 9.17) is 14.2 Å². The molecule has 1 aliphatic heterocycles. The maximum absolute atomic E-state index is 14.0. The Morgan fingerprint density at radius 1 is 1.11 bits per heavy atom. The monoisotopic (exact) mass is 530 g/mol. The lowest BCUT2D eigenvalue weighted by molar-refractivity contribution is -0.139. The summed E-state index contributed by atoms with van der Waals surface area (Å²) in [4.78, 5) is 32.4. The van der Waals surface area contributed by atoms with E-state index in [0.29, 0.717) is 37.7 Å². The van der Waals surface area contributed by atoms with E-state index < -0.39 is 12.0 Å². The van der Waals surface area contributed by atoms with Gasteiger partial charge in [-0.2, -0.15) is 0 Å². The molecule has 4 aromatic rings. The minimum atomic E-state index is -0.822.